The van der Waals surface area contributed by atoms with Crippen LogP contribution in [-0.4, -0.2) is 21.4 Å². The minimum Gasteiger partial charge on any atom is -0.310 e. The number of benzene rings is 1. The first-order chi connectivity index (χ1) is 10.4. The van der Waals surface area contributed by atoms with E-state index in [1.807, 2.05) is 0 Å². The maximum atomic E-state index is 14.1. The van der Waals surface area contributed by atoms with Crippen LogP contribution in [0.15, 0.2) is 12.1 Å². The van der Waals surface area contributed by atoms with Crippen LogP contribution in [0.25, 0.3) is 0 Å². The van der Waals surface area contributed by atoms with E-state index in [2.05, 4.69) is 10.4 Å². The molecule has 1 aliphatic heterocycles. The van der Waals surface area contributed by atoms with Gasteiger partial charge in [-0.2, -0.15) is 5.10 Å². The van der Waals surface area contributed by atoms with E-state index in [4.69, 9.17) is 0 Å². The maximum Gasteiger partial charge on any atom is 0.235 e. The zero-order chi connectivity index (χ0) is 16.0. The minimum atomic E-state index is -1.51. The summed E-state index contributed by atoms with van der Waals surface area (Å²) in [5.41, 5.74) is 1.20. The predicted octanol–water partition coefficient (Wildman–Crippen LogP) is 2.92. The summed E-state index contributed by atoms with van der Waals surface area (Å²) in [6, 6.07) is 2.09. The fourth-order valence-corrected chi connectivity index (χ4v) is 3.74. The number of anilines is 1. The average molecular weight is 327 g/mol. The minimum absolute atomic E-state index is 0.00208. The lowest BCUT2D eigenvalue weighted by molar-refractivity contribution is -0.113. The Kier molecular flexibility index (Phi) is 3.64. The van der Waals surface area contributed by atoms with Crippen LogP contribution < -0.4 is 5.32 Å². The van der Waals surface area contributed by atoms with E-state index in [9.17, 15) is 18.0 Å². The molecule has 2 heterocycles. The van der Waals surface area contributed by atoms with Gasteiger partial charge >= 0.3 is 0 Å². The van der Waals surface area contributed by atoms with Crippen molar-refractivity contribution in [3.8, 4) is 0 Å². The number of aromatic nitrogens is 2. The fourth-order valence-electron chi connectivity index (χ4n) is 2.54. The van der Waals surface area contributed by atoms with Gasteiger partial charge in [0, 0.05) is 18.2 Å². The van der Waals surface area contributed by atoms with Gasteiger partial charge in [0.1, 0.15) is 5.82 Å². The van der Waals surface area contributed by atoms with Gasteiger partial charge in [0.15, 0.2) is 17.5 Å². The molecule has 0 aliphatic carbocycles. The molecule has 1 amide bonds. The molecular weight excluding hydrogens is 315 g/mol. The van der Waals surface area contributed by atoms with Gasteiger partial charge in [-0.25, -0.2) is 13.2 Å². The maximum absolute atomic E-state index is 14.1. The highest BCUT2D eigenvalue weighted by atomic mass is 32.2. The van der Waals surface area contributed by atoms with Crippen molar-refractivity contribution in [3.63, 3.8) is 0 Å². The quantitative estimate of drug-likeness (QED) is 0.819. The van der Waals surface area contributed by atoms with Crippen molar-refractivity contribution < 1.29 is 18.0 Å². The summed E-state index contributed by atoms with van der Waals surface area (Å²) < 4.78 is 42.3. The largest absolute Gasteiger partial charge is 0.310 e. The normalized spacial score (nSPS) is 17.9. The Labute approximate surface area is 128 Å². The van der Waals surface area contributed by atoms with Crippen LogP contribution in [0, 0.1) is 24.4 Å². The second-order valence-corrected chi connectivity index (χ2v) is 6.07. The Morgan fingerprint density at radius 1 is 1.32 bits per heavy atom. The number of hydrogen-bond donors (Lipinski definition) is 1. The molecule has 1 N–H and O–H groups in total. The van der Waals surface area contributed by atoms with Crippen molar-refractivity contribution in [3.05, 3.63) is 46.4 Å². The van der Waals surface area contributed by atoms with Gasteiger partial charge in [0.25, 0.3) is 0 Å². The number of nitrogens with zero attached hydrogens (tertiary/aromatic N) is 2. The summed E-state index contributed by atoms with van der Waals surface area (Å²) >= 11 is 1.15. The van der Waals surface area contributed by atoms with Gasteiger partial charge in [-0.1, -0.05) is 6.07 Å². The third kappa shape index (κ3) is 2.27. The van der Waals surface area contributed by atoms with Crippen LogP contribution in [0.4, 0.5) is 19.0 Å². The molecule has 1 aromatic carbocycles. The van der Waals surface area contributed by atoms with Crippen LogP contribution in [-0.2, 0) is 11.8 Å². The fraction of sp³-hybridized carbons (Fsp3) is 0.286. The molecule has 22 heavy (non-hydrogen) atoms. The van der Waals surface area contributed by atoms with Crippen molar-refractivity contribution in [2.24, 2.45) is 7.05 Å². The zero-order valence-corrected chi connectivity index (χ0v) is 12.6. The molecule has 0 radical (unpaired) electrons. The molecule has 1 unspecified atom stereocenters. The summed E-state index contributed by atoms with van der Waals surface area (Å²) in [5, 5.41) is 6.28. The standard InChI is InChI=1S/C14H12F3N3OS/c1-6-10-13(7-3-4-8(15)12(17)11(7)16)22-5-9(21)18-14(10)20(2)19-6/h3-4,13H,5H2,1-2H3,(H,18,21). The number of aryl methyl sites for hydroxylation is 2. The van der Waals surface area contributed by atoms with Crippen LogP contribution in [0.2, 0.25) is 0 Å². The second kappa shape index (κ2) is 5.35. The van der Waals surface area contributed by atoms with E-state index in [1.54, 1.807) is 14.0 Å². The van der Waals surface area contributed by atoms with E-state index < -0.39 is 22.7 Å². The second-order valence-electron chi connectivity index (χ2n) is 4.98. The zero-order valence-electron chi connectivity index (χ0n) is 11.8. The molecule has 1 aliphatic rings. The third-order valence-corrected chi connectivity index (χ3v) is 4.77. The highest BCUT2D eigenvalue weighted by Crippen LogP contribution is 2.44. The number of rotatable bonds is 1. The summed E-state index contributed by atoms with van der Waals surface area (Å²) in [7, 11) is 1.65. The Hall–Kier alpha value is -1.96. The topological polar surface area (TPSA) is 46.9 Å². The molecule has 0 fully saturated rings. The number of thioether (sulfide) groups is 1. The van der Waals surface area contributed by atoms with Crippen LogP contribution in [0.1, 0.15) is 22.1 Å². The Morgan fingerprint density at radius 2 is 2.05 bits per heavy atom. The van der Waals surface area contributed by atoms with Crippen molar-refractivity contribution in [2.45, 2.75) is 12.2 Å². The number of amides is 1. The van der Waals surface area contributed by atoms with Gasteiger partial charge in [-0.3, -0.25) is 9.48 Å². The van der Waals surface area contributed by atoms with Gasteiger partial charge in [0.05, 0.1) is 16.7 Å². The number of hydrogen-bond acceptors (Lipinski definition) is 3. The molecular formula is C14H12F3N3OS. The average Bonchev–Trinajstić information content (AvgIpc) is 2.64. The molecule has 116 valence electrons. The van der Waals surface area contributed by atoms with Crippen molar-refractivity contribution in [1.82, 2.24) is 9.78 Å². The Morgan fingerprint density at radius 3 is 2.77 bits per heavy atom. The van der Waals surface area contributed by atoms with Gasteiger partial charge in [-0.05, 0) is 13.0 Å². The molecule has 0 saturated carbocycles. The molecule has 1 atom stereocenters. The summed E-state index contributed by atoms with van der Waals surface area (Å²) in [4.78, 5) is 11.8. The molecule has 0 bridgehead atoms. The molecule has 3 rings (SSSR count). The molecule has 8 heteroatoms. The molecule has 0 saturated heterocycles. The highest BCUT2D eigenvalue weighted by molar-refractivity contribution is 8.00. The van der Waals surface area contributed by atoms with Crippen molar-refractivity contribution in [2.75, 3.05) is 11.1 Å². The SMILES string of the molecule is Cc1nn(C)c2c1C(c1ccc(F)c(F)c1F)SCC(=O)N2. The summed E-state index contributed by atoms with van der Waals surface area (Å²) in [6.45, 7) is 1.72. The number of carbonyl (C=O) groups excluding carboxylic acids is 1. The first kappa shape index (κ1) is 15.0. The third-order valence-electron chi connectivity index (χ3n) is 3.52. The first-order valence-corrected chi connectivity index (χ1v) is 7.53. The van der Waals surface area contributed by atoms with E-state index >= 15 is 0 Å². The molecule has 2 aromatic rings. The van der Waals surface area contributed by atoms with Gasteiger partial charge in [-0.15, -0.1) is 11.8 Å². The number of carbonyl (C=O) groups is 1. The summed E-state index contributed by atoms with van der Waals surface area (Å²) in [6.07, 6.45) is 0. The molecule has 1 aromatic heterocycles. The van der Waals surface area contributed by atoms with Gasteiger partial charge < -0.3 is 5.32 Å². The smallest absolute Gasteiger partial charge is 0.235 e. The van der Waals surface area contributed by atoms with E-state index in [0.29, 0.717) is 17.1 Å². The lowest BCUT2D eigenvalue weighted by Gasteiger charge is -2.16. The summed E-state index contributed by atoms with van der Waals surface area (Å²) in [5.74, 6) is -3.71. The van der Waals surface area contributed by atoms with Crippen molar-refractivity contribution >= 4 is 23.5 Å². The van der Waals surface area contributed by atoms with Gasteiger partial charge in [0.2, 0.25) is 5.91 Å². The van der Waals surface area contributed by atoms with E-state index in [0.717, 1.165) is 17.8 Å². The number of fused-ring (bicyclic) bond motifs is 1. The first-order valence-electron chi connectivity index (χ1n) is 6.48. The lowest BCUT2D eigenvalue weighted by Crippen LogP contribution is -2.15. The van der Waals surface area contributed by atoms with E-state index in [-0.39, 0.29) is 17.2 Å². The number of halogens is 3. The van der Waals surface area contributed by atoms with Crippen LogP contribution in [0.3, 0.4) is 0 Å². The van der Waals surface area contributed by atoms with Crippen LogP contribution in [0.5, 0.6) is 0 Å². The van der Waals surface area contributed by atoms with E-state index in [1.165, 1.54) is 10.7 Å². The monoisotopic (exact) mass is 327 g/mol. The number of nitrogens with one attached hydrogen (secondary N) is 1. The highest BCUT2D eigenvalue weighted by Gasteiger charge is 2.32. The Bertz CT molecular complexity index is 775. The van der Waals surface area contributed by atoms with Crippen LogP contribution >= 0.6 is 11.8 Å². The lowest BCUT2D eigenvalue weighted by atomic mass is 10.0. The predicted molar refractivity (Wildman–Crippen MR) is 77.2 cm³/mol. The Balaban J connectivity index is 2.20. The molecule has 0 spiro atoms. The molecule has 4 nitrogen and oxygen atoms in total. The van der Waals surface area contributed by atoms with Crippen molar-refractivity contribution in [1.29, 1.82) is 0 Å².